The Morgan fingerprint density at radius 1 is 1.38 bits per heavy atom. The van der Waals surface area contributed by atoms with Crippen LogP contribution in [0.2, 0.25) is 0 Å². The Morgan fingerprint density at radius 2 is 2.14 bits per heavy atom. The Labute approximate surface area is 129 Å². The molecule has 1 aromatic carbocycles. The average molecular weight is 351 g/mol. The van der Waals surface area contributed by atoms with Gasteiger partial charge in [0.2, 0.25) is 5.75 Å². The largest absolute Gasteiger partial charge is 0.477 e. The van der Waals surface area contributed by atoms with Crippen LogP contribution in [0.15, 0.2) is 40.9 Å². The van der Waals surface area contributed by atoms with Gasteiger partial charge in [0.25, 0.3) is 0 Å². The second-order valence-electron chi connectivity index (χ2n) is 4.25. The molecular weight excluding hydrogens is 340 g/mol. The lowest BCUT2D eigenvalue weighted by molar-refractivity contribution is -0.390. The molecule has 0 N–H and O–H groups in total. The highest BCUT2D eigenvalue weighted by Gasteiger charge is 2.18. The lowest BCUT2D eigenvalue weighted by Crippen LogP contribution is -2.12. The van der Waals surface area contributed by atoms with E-state index in [-0.39, 0.29) is 18.1 Å². The molecule has 0 spiro atoms. The molecule has 0 radical (unpaired) electrons. The maximum atomic E-state index is 12.0. The molecule has 0 aliphatic heterocycles. The topological polar surface area (TPSA) is 82.3 Å². The second kappa shape index (κ2) is 6.45. The molecule has 21 heavy (non-hydrogen) atoms. The number of carbonyl (C=O) groups excluding carboxylic acids is 1. The standard InChI is InChI=1S/C14H11BrN2O4/c1-9-5-6-13(14(16-9)17(19)20)21-8-12(18)10-3-2-4-11(15)7-10/h2-7H,8H2,1H3. The quantitative estimate of drug-likeness (QED) is 0.469. The zero-order chi connectivity index (χ0) is 15.4. The number of nitrogens with zero attached hydrogens (tertiary/aromatic N) is 2. The normalized spacial score (nSPS) is 10.2. The number of aromatic nitrogens is 1. The van der Waals surface area contributed by atoms with E-state index in [2.05, 4.69) is 20.9 Å². The van der Waals surface area contributed by atoms with Crippen LogP contribution in [0.3, 0.4) is 0 Å². The van der Waals surface area contributed by atoms with Crippen molar-refractivity contribution in [2.45, 2.75) is 6.92 Å². The first-order valence-corrected chi connectivity index (χ1v) is 6.80. The highest BCUT2D eigenvalue weighted by Crippen LogP contribution is 2.24. The van der Waals surface area contributed by atoms with E-state index in [1.807, 2.05) is 0 Å². The number of ether oxygens (including phenoxy) is 1. The van der Waals surface area contributed by atoms with E-state index in [0.717, 1.165) is 4.47 Å². The number of rotatable bonds is 5. The molecule has 0 saturated carbocycles. The highest BCUT2D eigenvalue weighted by atomic mass is 79.9. The van der Waals surface area contributed by atoms with Crippen molar-refractivity contribution < 1.29 is 14.5 Å². The van der Waals surface area contributed by atoms with E-state index in [1.165, 1.54) is 6.07 Å². The lowest BCUT2D eigenvalue weighted by Gasteiger charge is -2.06. The van der Waals surface area contributed by atoms with Crippen LogP contribution in [-0.2, 0) is 0 Å². The molecular formula is C14H11BrN2O4. The first kappa shape index (κ1) is 15.1. The molecule has 108 valence electrons. The van der Waals surface area contributed by atoms with E-state index < -0.39 is 10.7 Å². The van der Waals surface area contributed by atoms with Crippen molar-refractivity contribution in [1.29, 1.82) is 0 Å². The van der Waals surface area contributed by atoms with E-state index in [0.29, 0.717) is 11.3 Å². The Bertz CT molecular complexity index is 703. The Kier molecular flexibility index (Phi) is 4.64. The molecule has 7 heteroatoms. The summed E-state index contributed by atoms with van der Waals surface area (Å²) >= 11 is 3.27. The van der Waals surface area contributed by atoms with Gasteiger partial charge in [-0.05, 0) is 34.2 Å². The smallest absolute Gasteiger partial charge is 0.406 e. The van der Waals surface area contributed by atoms with Crippen LogP contribution in [0.1, 0.15) is 16.1 Å². The molecule has 0 aliphatic carbocycles. The van der Waals surface area contributed by atoms with Gasteiger partial charge >= 0.3 is 5.82 Å². The van der Waals surface area contributed by atoms with Crippen molar-refractivity contribution >= 4 is 27.5 Å². The Balaban J connectivity index is 2.13. The summed E-state index contributed by atoms with van der Waals surface area (Å²) in [6, 6.07) is 9.87. The number of Topliss-reactive ketones (excluding diaryl/α,β-unsaturated/α-hetero) is 1. The third kappa shape index (κ3) is 3.85. The van der Waals surface area contributed by atoms with Crippen LogP contribution in [0.4, 0.5) is 5.82 Å². The minimum atomic E-state index is -0.633. The van der Waals surface area contributed by atoms with E-state index in [4.69, 9.17) is 4.74 Å². The fraction of sp³-hybridized carbons (Fsp3) is 0.143. The number of hydrogen-bond acceptors (Lipinski definition) is 5. The summed E-state index contributed by atoms with van der Waals surface area (Å²) in [5.41, 5.74) is 0.972. The summed E-state index contributed by atoms with van der Waals surface area (Å²) < 4.78 is 6.01. The third-order valence-corrected chi connectivity index (χ3v) is 3.15. The number of benzene rings is 1. The molecule has 2 rings (SSSR count). The second-order valence-corrected chi connectivity index (χ2v) is 5.17. The molecule has 6 nitrogen and oxygen atoms in total. The predicted molar refractivity (Wildman–Crippen MR) is 79.6 cm³/mol. The van der Waals surface area contributed by atoms with Gasteiger partial charge in [-0.1, -0.05) is 28.1 Å². The number of ketones is 1. The van der Waals surface area contributed by atoms with Gasteiger partial charge in [-0.15, -0.1) is 0 Å². The number of halogens is 1. The summed E-state index contributed by atoms with van der Waals surface area (Å²) in [4.78, 5) is 26.0. The molecule has 0 unspecified atom stereocenters. The van der Waals surface area contributed by atoms with Crippen molar-refractivity contribution in [3.8, 4) is 5.75 Å². The van der Waals surface area contributed by atoms with Crippen LogP contribution in [0.5, 0.6) is 5.75 Å². The van der Waals surface area contributed by atoms with Crippen molar-refractivity contribution in [3.63, 3.8) is 0 Å². The van der Waals surface area contributed by atoms with Crippen molar-refractivity contribution in [2.75, 3.05) is 6.61 Å². The maximum absolute atomic E-state index is 12.0. The minimum absolute atomic E-state index is 0.0195. The van der Waals surface area contributed by atoms with Gasteiger partial charge in [0.05, 0.1) is 0 Å². The fourth-order valence-electron chi connectivity index (χ4n) is 1.66. The number of aryl methyl sites for hydroxylation is 1. The van der Waals surface area contributed by atoms with Crippen molar-refractivity contribution in [3.05, 3.63) is 62.2 Å². The van der Waals surface area contributed by atoms with Gasteiger partial charge in [-0.25, -0.2) is 0 Å². The molecule has 0 amide bonds. The molecule has 0 atom stereocenters. The summed E-state index contributed by atoms with van der Waals surface area (Å²) in [6.07, 6.45) is 0. The Hall–Kier alpha value is -2.28. The molecule has 1 heterocycles. The molecule has 0 fully saturated rings. The van der Waals surface area contributed by atoms with E-state index in [9.17, 15) is 14.9 Å². The van der Waals surface area contributed by atoms with Crippen LogP contribution >= 0.6 is 15.9 Å². The number of nitro groups is 1. The van der Waals surface area contributed by atoms with Crippen LogP contribution in [0, 0.1) is 17.0 Å². The zero-order valence-corrected chi connectivity index (χ0v) is 12.7. The predicted octanol–water partition coefficient (Wildman–Crippen LogP) is 3.32. The van der Waals surface area contributed by atoms with Crippen LogP contribution in [0.25, 0.3) is 0 Å². The van der Waals surface area contributed by atoms with E-state index in [1.54, 1.807) is 37.3 Å². The van der Waals surface area contributed by atoms with Crippen LogP contribution < -0.4 is 4.74 Å². The van der Waals surface area contributed by atoms with Crippen LogP contribution in [-0.4, -0.2) is 22.3 Å². The van der Waals surface area contributed by atoms with Crippen molar-refractivity contribution in [2.24, 2.45) is 0 Å². The van der Waals surface area contributed by atoms with Gasteiger partial charge in [-0.3, -0.25) is 4.79 Å². The van der Waals surface area contributed by atoms with Gasteiger partial charge < -0.3 is 14.9 Å². The summed E-state index contributed by atoms with van der Waals surface area (Å²) in [7, 11) is 0. The number of pyridine rings is 1. The lowest BCUT2D eigenvalue weighted by atomic mass is 10.1. The number of carbonyl (C=O) groups is 1. The van der Waals surface area contributed by atoms with Gasteiger partial charge in [0, 0.05) is 17.0 Å². The van der Waals surface area contributed by atoms with E-state index >= 15 is 0 Å². The monoisotopic (exact) mass is 350 g/mol. The SMILES string of the molecule is Cc1ccc(OCC(=O)c2cccc(Br)c2)c([N+](=O)[O-])n1. The molecule has 2 aromatic rings. The summed E-state index contributed by atoms with van der Waals surface area (Å²) in [6.45, 7) is 1.35. The summed E-state index contributed by atoms with van der Waals surface area (Å²) in [5.74, 6) is -0.683. The fourth-order valence-corrected chi connectivity index (χ4v) is 2.06. The molecule has 1 aromatic heterocycles. The molecule has 0 bridgehead atoms. The third-order valence-electron chi connectivity index (χ3n) is 2.66. The Morgan fingerprint density at radius 3 is 2.81 bits per heavy atom. The summed E-state index contributed by atoms with van der Waals surface area (Å²) in [5, 5.41) is 10.9. The van der Waals surface area contributed by atoms with Gasteiger partial charge in [0.15, 0.2) is 12.4 Å². The first-order valence-electron chi connectivity index (χ1n) is 6.01. The van der Waals surface area contributed by atoms with Gasteiger partial charge in [-0.2, -0.15) is 0 Å². The minimum Gasteiger partial charge on any atom is -0.477 e. The molecule has 0 aliphatic rings. The van der Waals surface area contributed by atoms with Gasteiger partial charge in [0.1, 0.15) is 5.69 Å². The maximum Gasteiger partial charge on any atom is 0.406 e. The molecule has 0 saturated heterocycles. The number of hydrogen-bond donors (Lipinski definition) is 0. The van der Waals surface area contributed by atoms with Crippen molar-refractivity contribution in [1.82, 2.24) is 4.98 Å². The highest BCUT2D eigenvalue weighted by molar-refractivity contribution is 9.10. The first-order chi connectivity index (χ1) is 9.97. The zero-order valence-electron chi connectivity index (χ0n) is 11.1. The average Bonchev–Trinajstić information content (AvgIpc) is 2.45.